The van der Waals surface area contributed by atoms with Crippen molar-refractivity contribution < 1.29 is 9.53 Å². The molecule has 0 aliphatic carbocycles. The van der Waals surface area contributed by atoms with Crippen LogP contribution in [0.3, 0.4) is 0 Å². The molecule has 4 rings (SSSR count). The first-order valence-corrected chi connectivity index (χ1v) is 12.2. The predicted octanol–water partition coefficient (Wildman–Crippen LogP) is 3.01. The number of hydrogen-bond acceptors (Lipinski definition) is 8. The van der Waals surface area contributed by atoms with E-state index in [2.05, 4.69) is 26.0 Å². The van der Waals surface area contributed by atoms with E-state index in [1.165, 1.54) is 6.42 Å². The minimum absolute atomic E-state index is 0.0160. The number of rotatable bonds is 11. The first-order chi connectivity index (χ1) is 16.6. The third-order valence-corrected chi connectivity index (χ3v) is 6.48. The molecular weight excluding hydrogens is 452 g/mol. The van der Waals surface area contributed by atoms with Crippen LogP contribution in [0.4, 0.5) is 0 Å². The predicted molar refractivity (Wildman–Crippen MR) is 135 cm³/mol. The Balaban J connectivity index is 1.07. The van der Waals surface area contributed by atoms with Crippen LogP contribution in [-0.4, -0.2) is 79.4 Å². The van der Waals surface area contributed by atoms with E-state index >= 15 is 0 Å². The maximum atomic E-state index is 12.5. The molecule has 8 nitrogen and oxygen atoms in total. The van der Waals surface area contributed by atoms with Crippen molar-refractivity contribution >= 4 is 23.2 Å². The molecule has 0 aromatic heterocycles. The third kappa shape index (κ3) is 6.93. The Hall–Kier alpha value is -2.65. The summed E-state index contributed by atoms with van der Waals surface area (Å²) in [5.41, 5.74) is 7.02. The Morgan fingerprint density at radius 1 is 0.941 bits per heavy atom. The van der Waals surface area contributed by atoms with E-state index in [9.17, 15) is 4.79 Å². The van der Waals surface area contributed by atoms with E-state index in [1.807, 2.05) is 36.3 Å². The Bertz CT molecular complexity index is 958. The molecule has 9 heteroatoms. The summed E-state index contributed by atoms with van der Waals surface area (Å²) in [7, 11) is 1.97. The van der Waals surface area contributed by atoms with Crippen molar-refractivity contribution in [3.63, 3.8) is 0 Å². The van der Waals surface area contributed by atoms with E-state index in [1.54, 1.807) is 24.3 Å². The number of ether oxygens (including phenoxy) is 1. The molecule has 182 valence electrons. The molecule has 0 saturated carbocycles. The fraction of sp³-hybridized carbons (Fsp3) is 0.440. The number of nitrogens with one attached hydrogen (secondary N) is 2. The zero-order valence-electron chi connectivity index (χ0n) is 19.7. The van der Waals surface area contributed by atoms with Gasteiger partial charge in [-0.25, -0.2) is 5.53 Å². The number of benzene rings is 2. The van der Waals surface area contributed by atoms with Crippen molar-refractivity contribution in [1.29, 1.82) is 0 Å². The van der Waals surface area contributed by atoms with Crippen LogP contribution in [0.2, 0.25) is 5.02 Å². The van der Waals surface area contributed by atoms with Gasteiger partial charge in [0.1, 0.15) is 5.75 Å². The number of carbonyl (C=O) groups excluding carboxylic acids is 1. The summed E-state index contributed by atoms with van der Waals surface area (Å²) < 4.78 is 5.87. The Morgan fingerprint density at radius 2 is 1.59 bits per heavy atom. The van der Waals surface area contributed by atoms with Gasteiger partial charge in [-0.15, -0.1) is 10.6 Å². The minimum Gasteiger partial charge on any atom is -0.494 e. The smallest absolute Gasteiger partial charge is 0.193 e. The number of nitrogens with zero attached hydrogens (tertiary/aromatic N) is 4. The van der Waals surface area contributed by atoms with E-state index in [0.29, 0.717) is 22.8 Å². The highest BCUT2D eigenvalue weighted by Gasteiger charge is 2.21. The largest absolute Gasteiger partial charge is 0.494 e. The van der Waals surface area contributed by atoms with Gasteiger partial charge in [0.05, 0.1) is 13.2 Å². The molecule has 0 radical (unpaired) electrons. The zero-order chi connectivity index (χ0) is 23.8. The van der Waals surface area contributed by atoms with Gasteiger partial charge < -0.3 is 9.64 Å². The second kappa shape index (κ2) is 12.2. The fourth-order valence-corrected chi connectivity index (χ4v) is 4.22. The van der Waals surface area contributed by atoms with Crippen molar-refractivity contribution in [2.75, 3.05) is 52.9 Å². The molecule has 2 aliphatic rings. The average molecular weight is 485 g/mol. The molecule has 2 aromatic carbocycles. The SMILES string of the molecule is CN1NNN=C1CN1CCN(CCCCCOc2ccc(C(=O)c3ccc(Cl)cc3)cc2)CC1. The maximum absolute atomic E-state index is 12.5. The molecular formula is C25H33ClN6O2. The molecule has 0 bridgehead atoms. The highest BCUT2D eigenvalue weighted by molar-refractivity contribution is 6.30. The first-order valence-electron chi connectivity index (χ1n) is 11.9. The highest BCUT2D eigenvalue weighted by Crippen LogP contribution is 2.17. The van der Waals surface area contributed by atoms with E-state index in [0.717, 1.165) is 63.7 Å². The third-order valence-electron chi connectivity index (χ3n) is 6.23. The zero-order valence-corrected chi connectivity index (χ0v) is 20.4. The molecule has 0 atom stereocenters. The molecule has 2 aliphatic heterocycles. The molecule has 34 heavy (non-hydrogen) atoms. The number of halogens is 1. The molecule has 0 amide bonds. The van der Waals surface area contributed by atoms with Gasteiger partial charge in [-0.1, -0.05) is 11.6 Å². The lowest BCUT2D eigenvalue weighted by atomic mass is 10.0. The van der Waals surface area contributed by atoms with Crippen molar-refractivity contribution in [2.45, 2.75) is 19.3 Å². The lowest BCUT2D eigenvalue weighted by Crippen LogP contribution is -2.50. The lowest BCUT2D eigenvalue weighted by Gasteiger charge is -2.35. The molecule has 2 aromatic rings. The van der Waals surface area contributed by atoms with Crippen LogP contribution >= 0.6 is 11.6 Å². The van der Waals surface area contributed by atoms with Gasteiger partial charge in [0.25, 0.3) is 0 Å². The van der Waals surface area contributed by atoms with Crippen molar-refractivity contribution in [3.8, 4) is 5.75 Å². The second-order valence-corrected chi connectivity index (χ2v) is 9.13. The summed E-state index contributed by atoms with van der Waals surface area (Å²) in [4.78, 5) is 17.5. The van der Waals surface area contributed by atoms with E-state index < -0.39 is 0 Å². The Kier molecular flexibility index (Phi) is 8.76. The summed E-state index contributed by atoms with van der Waals surface area (Å²) in [6.07, 6.45) is 3.35. The molecule has 2 heterocycles. The molecule has 0 spiro atoms. The van der Waals surface area contributed by atoms with Crippen LogP contribution in [0.15, 0.2) is 53.6 Å². The normalized spacial score (nSPS) is 16.9. The van der Waals surface area contributed by atoms with Crippen molar-refractivity contribution in [1.82, 2.24) is 25.9 Å². The number of hydrogen-bond donors (Lipinski definition) is 2. The van der Waals surface area contributed by atoms with E-state index in [-0.39, 0.29) is 5.78 Å². The molecule has 1 fully saturated rings. The first kappa shape index (κ1) is 24.5. The second-order valence-electron chi connectivity index (χ2n) is 8.70. The lowest BCUT2D eigenvalue weighted by molar-refractivity contribution is 0.103. The Labute approximate surface area is 206 Å². The number of unbranched alkanes of at least 4 members (excludes halogenated alkanes) is 2. The van der Waals surface area contributed by atoms with Crippen LogP contribution in [0.1, 0.15) is 35.2 Å². The highest BCUT2D eigenvalue weighted by atomic mass is 35.5. The summed E-state index contributed by atoms with van der Waals surface area (Å²) >= 11 is 5.90. The van der Waals surface area contributed by atoms with Gasteiger partial charge in [-0.3, -0.25) is 14.7 Å². The number of ketones is 1. The topological polar surface area (TPSA) is 72.4 Å². The standard InChI is InChI=1S/C25H33ClN6O2/c1-30-24(27-28-29-30)19-32-16-14-31(15-17-32)13-3-2-4-18-34-23-11-7-21(8-12-23)25(33)20-5-9-22(26)10-6-20/h5-12,28-29H,2-4,13-19H2,1H3. The summed E-state index contributed by atoms with van der Waals surface area (Å²) in [5.74, 6) is 1.81. The van der Waals surface area contributed by atoms with Gasteiger partial charge in [0.15, 0.2) is 11.6 Å². The van der Waals surface area contributed by atoms with Crippen LogP contribution < -0.4 is 15.8 Å². The fourth-order valence-electron chi connectivity index (χ4n) is 4.09. The number of carbonyl (C=O) groups is 1. The van der Waals surface area contributed by atoms with Crippen molar-refractivity contribution in [2.24, 2.45) is 5.10 Å². The number of amidine groups is 1. The molecule has 2 N–H and O–H groups in total. The van der Waals surface area contributed by atoms with Crippen LogP contribution in [-0.2, 0) is 0 Å². The number of hydrazine groups is 2. The van der Waals surface area contributed by atoms with Gasteiger partial charge in [0.2, 0.25) is 0 Å². The Morgan fingerprint density at radius 3 is 2.24 bits per heavy atom. The number of hydrazone groups is 1. The number of likely N-dealkylation sites (N-methyl/N-ethyl adjacent to an activating group) is 1. The average Bonchev–Trinajstić information content (AvgIpc) is 3.27. The van der Waals surface area contributed by atoms with Gasteiger partial charge in [0, 0.05) is 49.4 Å². The van der Waals surface area contributed by atoms with Crippen LogP contribution in [0.5, 0.6) is 5.75 Å². The quantitative estimate of drug-likeness (QED) is 0.375. The number of piperazine rings is 1. The van der Waals surface area contributed by atoms with Gasteiger partial charge in [-0.05, 0) is 74.3 Å². The molecule has 0 unspecified atom stereocenters. The molecule has 1 saturated heterocycles. The summed E-state index contributed by atoms with van der Waals surface area (Å²) in [6.45, 7) is 7.07. The van der Waals surface area contributed by atoms with Crippen LogP contribution in [0, 0.1) is 0 Å². The van der Waals surface area contributed by atoms with E-state index in [4.69, 9.17) is 16.3 Å². The van der Waals surface area contributed by atoms with Gasteiger partial charge >= 0.3 is 0 Å². The minimum atomic E-state index is -0.0160. The summed E-state index contributed by atoms with van der Waals surface area (Å²) in [6, 6.07) is 14.3. The summed E-state index contributed by atoms with van der Waals surface area (Å²) in [5, 5.41) is 6.80. The monoisotopic (exact) mass is 484 g/mol. The van der Waals surface area contributed by atoms with Crippen molar-refractivity contribution in [3.05, 3.63) is 64.7 Å². The van der Waals surface area contributed by atoms with Gasteiger partial charge in [-0.2, -0.15) is 0 Å². The maximum Gasteiger partial charge on any atom is 0.193 e. The van der Waals surface area contributed by atoms with Crippen LogP contribution in [0.25, 0.3) is 0 Å².